The van der Waals surface area contributed by atoms with E-state index in [2.05, 4.69) is 12.2 Å². The van der Waals surface area contributed by atoms with Gasteiger partial charge >= 0.3 is 7.82 Å². The maximum absolute atomic E-state index is 12.3. The average molecular weight is 622 g/mol. The Morgan fingerprint density at radius 1 is 0.690 bits per heavy atom. The first-order valence-electron chi connectivity index (χ1n) is 17.4. The Bertz CT molecular complexity index is 659. The molecular formula is C33H70N2O6P+. The molecule has 0 aromatic rings. The number of hydrogen-bond donors (Lipinski definition) is 2. The van der Waals surface area contributed by atoms with E-state index < -0.39 is 13.9 Å². The smallest absolute Gasteiger partial charge is 0.374 e. The molecule has 0 rings (SSSR count). The largest absolute Gasteiger partial charge is 0.472 e. The van der Waals surface area contributed by atoms with Crippen molar-refractivity contribution >= 4 is 13.7 Å². The first-order valence-corrected chi connectivity index (χ1v) is 18.9. The number of likely N-dealkylation sites (N-methyl/N-ethyl adjacent to an activating group) is 1. The summed E-state index contributed by atoms with van der Waals surface area (Å²) in [6.45, 7) is 5.59. The number of carbonyl (C=O) groups is 1. The van der Waals surface area contributed by atoms with Crippen molar-refractivity contribution in [3.63, 3.8) is 0 Å². The second kappa shape index (κ2) is 28.0. The molecule has 0 aromatic heterocycles. The molecule has 252 valence electrons. The van der Waals surface area contributed by atoms with E-state index >= 15 is 0 Å². The van der Waals surface area contributed by atoms with E-state index in [0.717, 1.165) is 19.3 Å². The van der Waals surface area contributed by atoms with Gasteiger partial charge in [0.25, 0.3) is 0 Å². The quantitative estimate of drug-likeness (QED) is 0.0444. The number of rotatable bonds is 32. The number of hydrogen-bond acceptors (Lipinski definition) is 5. The van der Waals surface area contributed by atoms with E-state index in [1.54, 1.807) is 0 Å². The molecule has 0 aliphatic rings. The Kier molecular flexibility index (Phi) is 27.7. The second-order valence-electron chi connectivity index (χ2n) is 13.0. The maximum atomic E-state index is 12.3. The first kappa shape index (κ1) is 41.5. The lowest BCUT2D eigenvalue weighted by atomic mass is 10.0. The summed E-state index contributed by atoms with van der Waals surface area (Å²) in [5.74, 6) is -0.0153. The fourth-order valence-electron chi connectivity index (χ4n) is 4.78. The Morgan fingerprint density at radius 3 is 1.57 bits per heavy atom. The zero-order valence-corrected chi connectivity index (χ0v) is 29.2. The molecule has 1 amide bonds. The molecule has 8 nitrogen and oxygen atoms in total. The molecular weight excluding hydrogens is 551 g/mol. The van der Waals surface area contributed by atoms with E-state index in [1.807, 2.05) is 28.1 Å². The lowest BCUT2D eigenvalue weighted by molar-refractivity contribution is -0.870. The summed E-state index contributed by atoms with van der Waals surface area (Å²) in [6.07, 6.45) is 26.1. The van der Waals surface area contributed by atoms with Gasteiger partial charge in [0.05, 0.1) is 33.9 Å². The topological polar surface area (TPSA) is 94.1 Å². The SMILES string of the molecule is CCCCCCCCCCCCCCCCCCCCCC(=O)NCC(COP(=O)(O)OCC[N+](C)(C)C)OCCC. The Labute approximate surface area is 260 Å². The van der Waals surface area contributed by atoms with E-state index in [9.17, 15) is 14.3 Å². The number of amides is 1. The van der Waals surface area contributed by atoms with Gasteiger partial charge in [0.15, 0.2) is 0 Å². The molecule has 0 fully saturated rings. The highest BCUT2D eigenvalue weighted by atomic mass is 31.2. The summed E-state index contributed by atoms with van der Waals surface area (Å²) < 4.78 is 28.7. The van der Waals surface area contributed by atoms with E-state index in [-0.39, 0.29) is 25.7 Å². The number of carbonyl (C=O) groups excluding carboxylic acids is 1. The standard InChI is InChI=1S/C33H69N2O6P/c1-6-8-9-10-11-12-13-14-15-16-17-18-19-20-21-22-23-24-25-26-33(36)34-30-32(39-28-7-2)31-41-42(37,38)40-29-27-35(3,4)5/h32H,6-31H2,1-5H3,(H-,34,36,37,38)/p+1. The molecule has 0 radical (unpaired) electrons. The predicted octanol–water partition coefficient (Wildman–Crippen LogP) is 8.56. The molecule has 0 bridgehead atoms. The molecule has 2 N–H and O–H groups in total. The number of phosphoric ester groups is 1. The highest BCUT2D eigenvalue weighted by Gasteiger charge is 2.25. The molecule has 9 heteroatoms. The summed E-state index contributed by atoms with van der Waals surface area (Å²) >= 11 is 0. The van der Waals surface area contributed by atoms with Crippen LogP contribution < -0.4 is 5.32 Å². The highest BCUT2D eigenvalue weighted by Crippen LogP contribution is 2.43. The van der Waals surface area contributed by atoms with Crippen LogP contribution in [0.5, 0.6) is 0 Å². The Morgan fingerprint density at radius 2 is 1.14 bits per heavy atom. The molecule has 0 aliphatic heterocycles. The fourth-order valence-corrected chi connectivity index (χ4v) is 5.52. The Balaban J connectivity index is 3.72. The maximum Gasteiger partial charge on any atom is 0.472 e. The van der Waals surface area contributed by atoms with Gasteiger partial charge in [-0.15, -0.1) is 0 Å². The van der Waals surface area contributed by atoms with Crippen molar-refractivity contribution in [2.45, 2.75) is 155 Å². The van der Waals surface area contributed by atoms with Crippen molar-refractivity contribution in [2.75, 3.05) is 54.1 Å². The van der Waals surface area contributed by atoms with Crippen LogP contribution in [-0.4, -0.2) is 75.4 Å². The van der Waals surface area contributed by atoms with Gasteiger partial charge in [0, 0.05) is 19.6 Å². The minimum atomic E-state index is -4.16. The van der Waals surface area contributed by atoms with Crippen molar-refractivity contribution in [3.8, 4) is 0 Å². The first-order chi connectivity index (χ1) is 20.1. The van der Waals surface area contributed by atoms with Crippen molar-refractivity contribution in [1.82, 2.24) is 5.32 Å². The zero-order valence-electron chi connectivity index (χ0n) is 28.3. The van der Waals surface area contributed by atoms with Crippen LogP contribution in [0.3, 0.4) is 0 Å². The van der Waals surface area contributed by atoms with Crippen LogP contribution in [0.25, 0.3) is 0 Å². The van der Waals surface area contributed by atoms with Crippen molar-refractivity contribution in [2.24, 2.45) is 0 Å². The van der Waals surface area contributed by atoms with Crippen LogP contribution in [0, 0.1) is 0 Å². The van der Waals surface area contributed by atoms with E-state index in [0.29, 0.717) is 24.1 Å². The van der Waals surface area contributed by atoms with Crippen LogP contribution >= 0.6 is 7.82 Å². The van der Waals surface area contributed by atoms with Crippen LogP contribution in [0.15, 0.2) is 0 Å². The number of nitrogens with one attached hydrogen (secondary N) is 1. The third-order valence-electron chi connectivity index (χ3n) is 7.53. The van der Waals surface area contributed by atoms with Crippen LogP contribution in [-0.2, 0) is 23.1 Å². The van der Waals surface area contributed by atoms with Gasteiger partial charge in [0.1, 0.15) is 13.2 Å². The van der Waals surface area contributed by atoms with Gasteiger partial charge in [-0.1, -0.05) is 129 Å². The van der Waals surface area contributed by atoms with Crippen LogP contribution in [0.2, 0.25) is 0 Å². The molecule has 0 spiro atoms. The van der Waals surface area contributed by atoms with Crippen molar-refractivity contribution < 1.29 is 32.5 Å². The van der Waals surface area contributed by atoms with Gasteiger partial charge in [-0.05, 0) is 12.8 Å². The number of unbranched alkanes of at least 4 members (excludes halogenated alkanes) is 18. The Hall–Kier alpha value is -0.500. The van der Waals surface area contributed by atoms with E-state index in [1.165, 1.54) is 109 Å². The summed E-state index contributed by atoms with van der Waals surface area (Å²) in [5.41, 5.74) is 0. The lowest BCUT2D eigenvalue weighted by Crippen LogP contribution is -2.37. The fraction of sp³-hybridized carbons (Fsp3) is 0.970. The van der Waals surface area contributed by atoms with Gasteiger partial charge in [0.2, 0.25) is 5.91 Å². The summed E-state index contributed by atoms with van der Waals surface area (Å²) in [6, 6.07) is 0. The molecule has 0 saturated carbocycles. The molecule has 2 unspecified atom stereocenters. The van der Waals surface area contributed by atoms with Crippen molar-refractivity contribution in [1.29, 1.82) is 0 Å². The molecule has 0 heterocycles. The minimum Gasteiger partial charge on any atom is -0.374 e. The molecule has 0 aliphatic carbocycles. The van der Waals surface area contributed by atoms with Crippen LogP contribution in [0.1, 0.15) is 149 Å². The van der Waals surface area contributed by atoms with Gasteiger partial charge in [-0.25, -0.2) is 4.57 Å². The lowest BCUT2D eigenvalue weighted by Gasteiger charge is -2.24. The average Bonchev–Trinajstić information content (AvgIpc) is 2.93. The van der Waals surface area contributed by atoms with Gasteiger partial charge < -0.3 is 19.4 Å². The second-order valence-corrected chi connectivity index (χ2v) is 14.5. The number of quaternary nitrogens is 1. The third-order valence-corrected chi connectivity index (χ3v) is 8.52. The number of phosphoric acid groups is 1. The highest BCUT2D eigenvalue weighted by molar-refractivity contribution is 7.47. The van der Waals surface area contributed by atoms with Gasteiger partial charge in [-0.3, -0.25) is 13.8 Å². The number of ether oxygens (including phenoxy) is 1. The van der Waals surface area contributed by atoms with E-state index in [4.69, 9.17) is 13.8 Å². The molecule has 2 atom stereocenters. The predicted molar refractivity (Wildman–Crippen MR) is 176 cm³/mol. The summed E-state index contributed by atoms with van der Waals surface area (Å²) in [7, 11) is 1.77. The summed E-state index contributed by atoms with van der Waals surface area (Å²) in [5, 5.41) is 2.89. The van der Waals surface area contributed by atoms with Crippen LogP contribution in [0.4, 0.5) is 0 Å². The monoisotopic (exact) mass is 621 g/mol. The number of nitrogens with zero attached hydrogens (tertiary/aromatic N) is 1. The zero-order chi connectivity index (χ0) is 31.4. The molecule has 42 heavy (non-hydrogen) atoms. The third kappa shape index (κ3) is 30.9. The molecule has 0 saturated heterocycles. The molecule has 0 aromatic carbocycles. The van der Waals surface area contributed by atoms with Crippen molar-refractivity contribution in [3.05, 3.63) is 0 Å². The van der Waals surface area contributed by atoms with Gasteiger partial charge in [-0.2, -0.15) is 0 Å². The summed E-state index contributed by atoms with van der Waals surface area (Å²) in [4.78, 5) is 22.3. The normalized spacial score (nSPS) is 14.1. The minimum absolute atomic E-state index is 0.0153.